The summed E-state index contributed by atoms with van der Waals surface area (Å²) >= 11 is 1.59. The maximum Gasteiger partial charge on any atom is 0.255 e. The Balaban J connectivity index is 1.61. The largest absolute Gasteiger partial charge is 0.332 e. The van der Waals surface area contributed by atoms with Crippen molar-refractivity contribution in [3.05, 3.63) is 53.4 Å². The Morgan fingerprint density at radius 1 is 1.07 bits per heavy atom. The number of hydrogen-bond acceptors (Lipinski definition) is 5. The maximum absolute atomic E-state index is 13.7. The van der Waals surface area contributed by atoms with Gasteiger partial charge in [-0.2, -0.15) is 0 Å². The van der Waals surface area contributed by atoms with Crippen molar-refractivity contribution < 1.29 is 13.2 Å². The predicted octanol–water partition coefficient (Wildman–Crippen LogP) is 3.76. The Morgan fingerprint density at radius 3 is 2.57 bits per heavy atom. The van der Waals surface area contributed by atoms with E-state index in [1.807, 2.05) is 52.7 Å². The van der Waals surface area contributed by atoms with E-state index in [-0.39, 0.29) is 29.5 Å². The fourth-order valence-corrected chi connectivity index (χ4v) is 6.42. The van der Waals surface area contributed by atoms with Crippen LogP contribution < -0.4 is 0 Å². The Hall–Kier alpha value is -2.25. The van der Waals surface area contributed by atoms with E-state index in [1.54, 1.807) is 11.3 Å². The van der Waals surface area contributed by atoms with Gasteiger partial charge in [0.15, 0.2) is 9.84 Å². The van der Waals surface area contributed by atoms with Crippen LogP contribution in [-0.4, -0.2) is 47.8 Å². The third kappa shape index (κ3) is 3.22. The van der Waals surface area contributed by atoms with Crippen LogP contribution >= 0.6 is 11.3 Å². The number of carbonyl (C=O) groups is 1. The minimum absolute atomic E-state index is 0.0685. The topological polar surface area (TPSA) is 67.3 Å². The Kier molecular flexibility index (Phi) is 4.25. The highest BCUT2D eigenvalue weighted by Gasteiger charge is 2.42. The van der Waals surface area contributed by atoms with Crippen LogP contribution in [0.3, 0.4) is 0 Å². The lowest BCUT2D eigenvalue weighted by atomic mass is 10.0. The van der Waals surface area contributed by atoms with Crippen molar-refractivity contribution in [1.82, 2.24) is 9.88 Å². The highest BCUT2D eigenvalue weighted by Crippen LogP contribution is 2.35. The van der Waals surface area contributed by atoms with E-state index in [2.05, 4.69) is 0 Å². The average Bonchev–Trinajstić information content (AvgIpc) is 3.22. The first-order valence-corrected chi connectivity index (χ1v) is 12.2. The van der Waals surface area contributed by atoms with Crippen LogP contribution in [-0.2, 0) is 9.84 Å². The molecule has 1 amide bonds. The van der Waals surface area contributed by atoms with Crippen molar-refractivity contribution in [1.29, 1.82) is 0 Å². The molecule has 3 aromatic rings. The lowest BCUT2D eigenvalue weighted by molar-refractivity contribution is 0.0683. The molecule has 1 aliphatic carbocycles. The monoisotopic (exact) mass is 412 g/mol. The van der Waals surface area contributed by atoms with Gasteiger partial charge >= 0.3 is 0 Å². The number of fused-ring (bicyclic) bond motifs is 1. The smallest absolute Gasteiger partial charge is 0.255 e. The molecule has 2 fully saturated rings. The number of carbonyl (C=O) groups excluding carboxylic acids is 1. The van der Waals surface area contributed by atoms with Gasteiger partial charge in [-0.25, -0.2) is 13.4 Å². The van der Waals surface area contributed by atoms with Crippen LogP contribution in [0, 0.1) is 0 Å². The zero-order valence-electron chi connectivity index (χ0n) is 15.2. The molecule has 1 saturated heterocycles. The number of amides is 1. The standard InChI is InChI=1S/C21H20N2O3S2/c24-21(23(14-7-8-14)15-9-11-28(25,26)13-15)17-12-19(20-6-3-10-27-20)22-18-5-2-1-4-16(17)18/h1-6,10,12,14-15H,7-9,11,13H2. The summed E-state index contributed by atoms with van der Waals surface area (Å²) in [6.07, 6.45) is 2.43. The quantitative estimate of drug-likeness (QED) is 0.654. The number of rotatable bonds is 4. The number of benzene rings is 1. The predicted molar refractivity (Wildman–Crippen MR) is 111 cm³/mol. The van der Waals surface area contributed by atoms with E-state index >= 15 is 0 Å². The number of nitrogens with zero attached hydrogens (tertiary/aromatic N) is 2. The van der Waals surface area contributed by atoms with Gasteiger partial charge in [0.25, 0.3) is 5.91 Å². The summed E-state index contributed by atoms with van der Waals surface area (Å²) in [6.45, 7) is 0. The van der Waals surface area contributed by atoms with E-state index in [9.17, 15) is 13.2 Å². The van der Waals surface area contributed by atoms with E-state index in [1.165, 1.54) is 0 Å². The molecule has 7 heteroatoms. The number of pyridine rings is 1. The van der Waals surface area contributed by atoms with Crippen molar-refractivity contribution in [3.63, 3.8) is 0 Å². The highest BCUT2D eigenvalue weighted by molar-refractivity contribution is 7.91. The average molecular weight is 413 g/mol. The van der Waals surface area contributed by atoms with Gasteiger partial charge in [0.1, 0.15) is 0 Å². The van der Waals surface area contributed by atoms with E-state index in [0.717, 1.165) is 34.3 Å². The zero-order chi connectivity index (χ0) is 19.3. The summed E-state index contributed by atoms with van der Waals surface area (Å²) in [6, 6.07) is 13.4. The highest BCUT2D eigenvalue weighted by atomic mass is 32.2. The number of hydrogen-bond donors (Lipinski definition) is 0. The van der Waals surface area contributed by atoms with Crippen LogP contribution in [0.2, 0.25) is 0 Å². The second-order valence-electron chi connectivity index (χ2n) is 7.55. The van der Waals surface area contributed by atoms with Gasteiger partial charge in [-0.3, -0.25) is 4.79 Å². The molecule has 2 aromatic heterocycles. The first-order chi connectivity index (χ1) is 13.5. The summed E-state index contributed by atoms with van der Waals surface area (Å²) in [7, 11) is -3.05. The second kappa shape index (κ2) is 6.67. The fraction of sp³-hybridized carbons (Fsp3) is 0.333. The fourth-order valence-electron chi connectivity index (χ4n) is 4.02. The van der Waals surface area contributed by atoms with Crippen molar-refractivity contribution >= 4 is 38.0 Å². The molecule has 144 valence electrons. The van der Waals surface area contributed by atoms with E-state index in [0.29, 0.717) is 12.0 Å². The van der Waals surface area contributed by atoms with Gasteiger partial charge in [0.2, 0.25) is 0 Å². The van der Waals surface area contributed by atoms with Gasteiger partial charge < -0.3 is 4.90 Å². The zero-order valence-corrected chi connectivity index (χ0v) is 16.9. The molecule has 5 rings (SSSR count). The number of sulfone groups is 1. The third-order valence-electron chi connectivity index (χ3n) is 5.50. The van der Waals surface area contributed by atoms with Crippen molar-refractivity contribution in [2.75, 3.05) is 11.5 Å². The molecule has 0 spiro atoms. The van der Waals surface area contributed by atoms with Crippen LogP contribution in [0.4, 0.5) is 0 Å². The molecule has 2 aliphatic rings. The summed E-state index contributed by atoms with van der Waals surface area (Å²) in [5.41, 5.74) is 2.18. The summed E-state index contributed by atoms with van der Waals surface area (Å²) in [5, 5.41) is 2.81. The molecule has 0 N–H and O–H groups in total. The number of thiophene rings is 1. The van der Waals surface area contributed by atoms with Gasteiger partial charge in [0.05, 0.1) is 33.2 Å². The molecule has 0 radical (unpaired) electrons. The van der Waals surface area contributed by atoms with Crippen molar-refractivity contribution in [2.45, 2.75) is 31.3 Å². The molecule has 1 atom stereocenters. The van der Waals surface area contributed by atoms with Crippen molar-refractivity contribution in [2.24, 2.45) is 0 Å². The number of aromatic nitrogens is 1. The minimum Gasteiger partial charge on any atom is -0.332 e. The van der Waals surface area contributed by atoms with Gasteiger partial charge in [-0.05, 0) is 42.8 Å². The lowest BCUT2D eigenvalue weighted by Crippen LogP contribution is -2.42. The lowest BCUT2D eigenvalue weighted by Gasteiger charge is -2.29. The first kappa shape index (κ1) is 17.8. The molecule has 1 unspecified atom stereocenters. The normalized spacial score (nSPS) is 21.1. The molecular formula is C21H20N2O3S2. The molecule has 0 bridgehead atoms. The summed E-state index contributed by atoms with van der Waals surface area (Å²) < 4.78 is 24.0. The molecule has 1 aliphatic heterocycles. The van der Waals surface area contributed by atoms with E-state index < -0.39 is 9.84 Å². The molecular weight excluding hydrogens is 392 g/mol. The van der Waals surface area contributed by atoms with Crippen LogP contribution in [0.5, 0.6) is 0 Å². The third-order valence-corrected chi connectivity index (χ3v) is 8.14. The molecule has 1 aromatic carbocycles. The van der Waals surface area contributed by atoms with E-state index in [4.69, 9.17) is 4.98 Å². The maximum atomic E-state index is 13.7. The summed E-state index contributed by atoms with van der Waals surface area (Å²) in [5.74, 6) is 0.183. The molecule has 3 heterocycles. The van der Waals surface area contributed by atoms with Crippen molar-refractivity contribution in [3.8, 4) is 10.6 Å². The molecule has 1 saturated carbocycles. The van der Waals surface area contributed by atoms with Gasteiger partial charge in [0, 0.05) is 17.5 Å². The summed E-state index contributed by atoms with van der Waals surface area (Å²) in [4.78, 5) is 21.3. The second-order valence-corrected chi connectivity index (χ2v) is 10.7. The van der Waals surface area contributed by atoms with Crippen LogP contribution in [0.1, 0.15) is 29.6 Å². The van der Waals surface area contributed by atoms with Crippen LogP contribution in [0.15, 0.2) is 47.8 Å². The molecule has 28 heavy (non-hydrogen) atoms. The minimum atomic E-state index is -3.05. The van der Waals surface area contributed by atoms with Gasteiger partial charge in [-0.15, -0.1) is 11.3 Å². The Morgan fingerprint density at radius 2 is 1.89 bits per heavy atom. The Labute approximate surface area is 167 Å². The van der Waals surface area contributed by atoms with Gasteiger partial charge in [-0.1, -0.05) is 24.3 Å². The Bertz CT molecular complexity index is 1150. The van der Waals surface area contributed by atoms with Crippen LogP contribution in [0.25, 0.3) is 21.5 Å². The first-order valence-electron chi connectivity index (χ1n) is 9.48. The SMILES string of the molecule is O=C(c1cc(-c2cccs2)nc2ccccc12)N(C1CC1)C1CCS(=O)(=O)C1. The number of para-hydroxylation sites is 1. The molecule has 5 nitrogen and oxygen atoms in total.